The molecule has 0 bridgehead atoms. The quantitative estimate of drug-likeness (QED) is 0.431. The summed E-state index contributed by atoms with van der Waals surface area (Å²) in [5, 5.41) is 0.967. The van der Waals surface area contributed by atoms with Gasteiger partial charge in [-0.1, -0.05) is 29.3 Å². The maximum absolute atomic E-state index is 13.7. The summed E-state index contributed by atoms with van der Waals surface area (Å²) >= 11 is 12.7. The molecule has 1 aliphatic carbocycles. The van der Waals surface area contributed by atoms with Crippen LogP contribution in [0.5, 0.6) is 0 Å². The lowest BCUT2D eigenvalue weighted by atomic mass is 9.73. The zero-order chi connectivity index (χ0) is 22.7. The van der Waals surface area contributed by atoms with Crippen molar-refractivity contribution in [3.05, 3.63) is 76.2 Å². The lowest BCUT2D eigenvalue weighted by molar-refractivity contribution is 0.186. The number of nitrogens with two attached hydrogens (primary N) is 1. The molecular weight excluding hydrogens is 462 g/mol. The minimum Gasteiger partial charge on any atom is -0.355 e. The van der Waals surface area contributed by atoms with E-state index in [0.717, 1.165) is 66.3 Å². The first-order chi connectivity index (χ1) is 16.0. The number of pyridine rings is 1. The van der Waals surface area contributed by atoms with Gasteiger partial charge in [0.1, 0.15) is 17.2 Å². The molecule has 3 aromatic heterocycles. The van der Waals surface area contributed by atoms with Crippen molar-refractivity contribution in [2.75, 3.05) is 18.0 Å². The van der Waals surface area contributed by atoms with Gasteiger partial charge in [-0.2, -0.15) is 0 Å². The Morgan fingerprint density at radius 2 is 1.91 bits per heavy atom. The second-order valence-electron chi connectivity index (χ2n) is 8.89. The first-order valence-corrected chi connectivity index (χ1v) is 11.6. The SMILES string of the molecule is NC1c2ncc(F)cc2CC12CCN(c1nccn3c(-c4cccc(Cl)c4Cl)ncc13)CC2. The highest BCUT2D eigenvalue weighted by Crippen LogP contribution is 2.50. The molecule has 2 aliphatic rings. The van der Waals surface area contributed by atoms with E-state index in [0.29, 0.717) is 10.0 Å². The van der Waals surface area contributed by atoms with Gasteiger partial charge in [0.05, 0.1) is 34.2 Å². The van der Waals surface area contributed by atoms with Gasteiger partial charge in [-0.15, -0.1) is 0 Å². The molecule has 4 aromatic rings. The van der Waals surface area contributed by atoms with Crippen LogP contribution in [0.2, 0.25) is 10.0 Å². The molecule has 1 spiro atoms. The lowest BCUT2D eigenvalue weighted by Gasteiger charge is -2.42. The van der Waals surface area contributed by atoms with Gasteiger partial charge in [0, 0.05) is 31.0 Å². The third kappa shape index (κ3) is 3.21. The van der Waals surface area contributed by atoms with E-state index in [4.69, 9.17) is 28.9 Å². The second-order valence-corrected chi connectivity index (χ2v) is 9.68. The Morgan fingerprint density at radius 3 is 2.73 bits per heavy atom. The second kappa shape index (κ2) is 7.65. The largest absolute Gasteiger partial charge is 0.355 e. The molecule has 1 unspecified atom stereocenters. The number of nitrogens with zero attached hydrogens (tertiary/aromatic N) is 5. The highest BCUT2D eigenvalue weighted by molar-refractivity contribution is 6.43. The molecule has 1 aliphatic heterocycles. The molecule has 6 rings (SSSR count). The maximum atomic E-state index is 13.7. The standard InChI is InChI=1S/C24H21Cl2FN6/c25-17-3-1-2-16(19(17)26)22-31-13-18-23(29-6-9-33(18)22)32-7-4-24(5-8-32)11-14-10-15(27)12-30-20(14)21(24)28/h1-3,6,9-10,12-13,21H,4-5,7-8,11,28H2. The van der Waals surface area contributed by atoms with E-state index >= 15 is 0 Å². The van der Waals surface area contributed by atoms with E-state index in [2.05, 4.69) is 19.9 Å². The number of fused-ring (bicyclic) bond motifs is 2. The van der Waals surface area contributed by atoms with E-state index in [9.17, 15) is 4.39 Å². The van der Waals surface area contributed by atoms with Gasteiger partial charge >= 0.3 is 0 Å². The number of hydrogen-bond acceptors (Lipinski definition) is 5. The fourth-order valence-electron chi connectivity index (χ4n) is 5.38. The normalized spacial score (nSPS) is 19.4. The fraction of sp³-hybridized carbons (Fsp3) is 0.292. The number of benzene rings is 1. The van der Waals surface area contributed by atoms with Crippen molar-refractivity contribution in [3.8, 4) is 11.4 Å². The maximum Gasteiger partial charge on any atom is 0.154 e. The Morgan fingerprint density at radius 1 is 1.09 bits per heavy atom. The number of anilines is 1. The third-order valence-corrected chi connectivity index (χ3v) is 7.97. The molecular formula is C24H21Cl2FN6. The Labute approximate surface area is 200 Å². The number of imidazole rings is 1. The molecule has 1 atom stereocenters. The Balaban J connectivity index is 1.30. The predicted molar refractivity (Wildman–Crippen MR) is 127 cm³/mol. The van der Waals surface area contributed by atoms with Crippen molar-refractivity contribution < 1.29 is 4.39 Å². The molecule has 0 radical (unpaired) electrons. The molecule has 9 heteroatoms. The topological polar surface area (TPSA) is 72.3 Å². The summed E-state index contributed by atoms with van der Waals surface area (Å²) in [5.74, 6) is 1.29. The van der Waals surface area contributed by atoms with Crippen molar-refractivity contribution in [1.82, 2.24) is 19.4 Å². The van der Waals surface area contributed by atoms with Crippen LogP contribution in [-0.2, 0) is 6.42 Å². The highest BCUT2D eigenvalue weighted by atomic mass is 35.5. The average molecular weight is 483 g/mol. The van der Waals surface area contributed by atoms with Crippen molar-refractivity contribution in [1.29, 1.82) is 0 Å². The number of piperidine rings is 1. The van der Waals surface area contributed by atoms with Gasteiger partial charge in [-0.05, 0) is 48.4 Å². The average Bonchev–Trinajstić information content (AvgIpc) is 3.35. The molecule has 1 aromatic carbocycles. The fourth-order valence-corrected chi connectivity index (χ4v) is 5.76. The molecule has 0 saturated carbocycles. The summed E-state index contributed by atoms with van der Waals surface area (Å²) < 4.78 is 15.7. The van der Waals surface area contributed by atoms with Gasteiger partial charge in [-0.25, -0.2) is 14.4 Å². The molecule has 168 valence electrons. The molecule has 0 amide bonds. The van der Waals surface area contributed by atoms with E-state index in [1.807, 2.05) is 28.9 Å². The van der Waals surface area contributed by atoms with E-state index < -0.39 is 0 Å². The van der Waals surface area contributed by atoms with Crippen LogP contribution >= 0.6 is 23.2 Å². The minimum absolute atomic E-state index is 0.0928. The monoisotopic (exact) mass is 482 g/mol. The zero-order valence-corrected chi connectivity index (χ0v) is 19.2. The third-order valence-electron chi connectivity index (χ3n) is 7.15. The summed E-state index contributed by atoms with van der Waals surface area (Å²) in [6, 6.07) is 6.94. The Bertz CT molecular complexity index is 1380. The van der Waals surface area contributed by atoms with Crippen LogP contribution in [0.4, 0.5) is 10.2 Å². The van der Waals surface area contributed by atoms with Crippen LogP contribution in [0.15, 0.2) is 49.1 Å². The molecule has 1 saturated heterocycles. The Kier molecular flexibility index (Phi) is 4.83. The summed E-state index contributed by atoms with van der Waals surface area (Å²) in [7, 11) is 0. The van der Waals surface area contributed by atoms with E-state index in [1.165, 1.54) is 6.20 Å². The minimum atomic E-state index is -0.303. The van der Waals surface area contributed by atoms with Gasteiger partial charge in [0.25, 0.3) is 0 Å². The van der Waals surface area contributed by atoms with Crippen molar-refractivity contribution in [3.63, 3.8) is 0 Å². The summed E-state index contributed by atoms with van der Waals surface area (Å²) in [6.45, 7) is 1.60. The van der Waals surface area contributed by atoms with E-state index in [-0.39, 0.29) is 17.3 Å². The molecule has 6 nitrogen and oxygen atoms in total. The number of halogens is 3. The molecule has 1 fully saturated rings. The van der Waals surface area contributed by atoms with E-state index in [1.54, 1.807) is 18.3 Å². The van der Waals surface area contributed by atoms with Gasteiger partial charge in [0.15, 0.2) is 5.82 Å². The molecule has 4 heterocycles. The molecule has 33 heavy (non-hydrogen) atoms. The lowest BCUT2D eigenvalue weighted by Crippen LogP contribution is -2.44. The van der Waals surface area contributed by atoms with Crippen LogP contribution in [0.1, 0.15) is 30.1 Å². The van der Waals surface area contributed by atoms with Crippen LogP contribution in [0.25, 0.3) is 16.9 Å². The zero-order valence-electron chi connectivity index (χ0n) is 17.7. The number of rotatable bonds is 2. The molecule has 2 N–H and O–H groups in total. The van der Waals surface area contributed by atoms with Gasteiger partial charge in [-0.3, -0.25) is 9.38 Å². The van der Waals surface area contributed by atoms with Crippen LogP contribution in [0, 0.1) is 11.2 Å². The van der Waals surface area contributed by atoms with Crippen molar-refractivity contribution in [2.24, 2.45) is 11.1 Å². The predicted octanol–water partition coefficient (Wildman–Crippen LogP) is 5.08. The van der Waals surface area contributed by atoms with Crippen molar-refractivity contribution >= 4 is 34.5 Å². The van der Waals surface area contributed by atoms with Crippen LogP contribution in [-0.4, -0.2) is 32.4 Å². The number of aromatic nitrogens is 4. The van der Waals surface area contributed by atoms with Gasteiger partial charge < -0.3 is 10.6 Å². The first-order valence-electron chi connectivity index (χ1n) is 10.9. The summed E-state index contributed by atoms with van der Waals surface area (Å²) in [4.78, 5) is 15.9. The number of hydrogen-bond donors (Lipinski definition) is 1. The van der Waals surface area contributed by atoms with Crippen LogP contribution in [0.3, 0.4) is 0 Å². The van der Waals surface area contributed by atoms with Gasteiger partial charge in [0.2, 0.25) is 0 Å². The Hall–Kier alpha value is -2.74. The summed E-state index contributed by atoms with van der Waals surface area (Å²) in [6.07, 6.45) is 9.29. The first kappa shape index (κ1) is 20.8. The summed E-state index contributed by atoms with van der Waals surface area (Å²) in [5.41, 5.74) is 9.98. The van der Waals surface area contributed by atoms with Crippen LogP contribution < -0.4 is 10.6 Å². The smallest absolute Gasteiger partial charge is 0.154 e. The highest BCUT2D eigenvalue weighted by Gasteiger charge is 2.47. The van der Waals surface area contributed by atoms with Crippen molar-refractivity contribution in [2.45, 2.75) is 25.3 Å².